The Morgan fingerprint density at radius 2 is 1.19 bits per heavy atom. The van der Waals surface area contributed by atoms with Gasteiger partial charge in [-0.25, -0.2) is 0 Å². The van der Waals surface area contributed by atoms with E-state index in [2.05, 4.69) is 167 Å². The van der Waals surface area contributed by atoms with Gasteiger partial charge in [-0.05, 0) is 165 Å². The molecule has 0 saturated carbocycles. The zero-order valence-electron chi connectivity index (χ0n) is 62.2. The molecular weight excluding hydrogens is 1370 g/mol. The molecule has 0 aromatic heterocycles. The molecule has 3 atom stereocenters. The number of hydrogen-bond acceptors (Lipinski definition) is 15. The van der Waals surface area contributed by atoms with Crippen molar-refractivity contribution in [2.75, 3.05) is 96.6 Å². The third-order valence-electron chi connectivity index (χ3n) is 19.3. The molecule has 2 amide bonds. The lowest BCUT2D eigenvalue weighted by Gasteiger charge is -2.41. The number of amides is 2. The summed E-state index contributed by atoms with van der Waals surface area (Å²) < 4.78 is 61.9. The minimum absolute atomic E-state index is 0.00287. The standard InChI is InChI=1S/C80H112BrN5O14S/c1-14-16-45-84(46-17-15-2)49-52-99-72(90)78(10,56-75(4,5)71(89)100-54-53-96-13)57-79(11,58-80(12,81)74(92)98-50-43-82-59(3)87)73(91)97-51-44-83-68(88)38-24-21-29-47-85-64-41-39-60-32-25-27-34-62(60)69(64)76(6,7)66(85)36-22-19-18-20-23-37-67-77(8,9)70-63-35-28-26-33-61(63)40-42-65(70)86(67)48-30-31-55-101(93,94)95/h18-20,22-23,25-28,32-37,39-42H,14-17,21,24,29-31,38,43-58H2,1-13H3,(H2-,82,83,87,88,93,94,95)/p+1. The molecule has 4 aromatic carbocycles. The number of carbonyl (C=O) groups is 6. The monoisotopic (exact) mass is 1480 g/mol. The van der Waals surface area contributed by atoms with Gasteiger partial charge in [0.25, 0.3) is 10.1 Å². The average Bonchev–Trinajstić information content (AvgIpc) is 1.60. The third-order valence-corrected chi connectivity index (χ3v) is 20.7. The van der Waals surface area contributed by atoms with Crippen molar-refractivity contribution in [2.24, 2.45) is 16.2 Å². The fourth-order valence-corrected chi connectivity index (χ4v) is 15.8. The van der Waals surface area contributed by atoms with Crippen LogP contribution in [-0.4, -0.2) is 160 Å². The molecule has 4 aromatic rings. The number of fused-ring (bicyclic) bond motifs is 6. The number of alkyl halides is 1. The summed E-state index contributed by atoms with van der Waals surface area (Å²) in [6, 6.07) is 25.5. The highest BCUT2D eigenvalue weighted by Gasteiger charge is 2.54. The number of nitrogens with one attached hydrogen (secondary N) is 2. The second-order valence-electron chi connectivity index (χ2n) is 29.4. The number of methoxy groups -OCH3 is 1. The van der Waals surface area contributed by atoms with E-state index in [1.54, 1.807) is 34.6 Å². The number of halogens is 1. The lowest BCUT2D eigenvalue weighted by molar-refractivity contribution is -0.438. The topological polar surface area (TPSA) is 236 Å². The van der Waals surface area contributed by atoms with Crippen LogP contribution in [0, 0.1) is 16.2 Å². The fraction of sp³-hybridized carbons (Fsp3) is 0.562. The number of nitrogens with zero attached hydrogens (tertiary/aromatic N) is 3. The summed E-state index contributed by atoms with van der Waals surface area (Å²) in [5.41, 5.74) is 1.89. The molecule has 6 rings (SSSR count). The Morgan fingerprint density at radius 3 is 1.82 bits per heavy atom. The van der Waals surface area contributed by atoms with E-state index in [0.717, 1.165) is 79.8 Å². The van der Waals surface area contributed by atoms with Crippen molar-refractivity contribution in [3.05, 3.63) is 132 Å². The van der Waals surface area contributed by atoms with E-state index in [-0.39, 0.29) is 100 Å². The Bertz CT molecular complexity index is 3790. The van der Waals surface area contributed by atoms with Crippen molar-refractivity contribution in [2.45, 2.75) is 182 Å². The quantitative estimate of drug-likeness (QED) is 0.00710. The van der Waals surface area contributed by atoms with Gasteiger partial charge in [0, 0.05) is 74.5 Å². The van der Waals surface area contributed by atoms with Crippen molar-refractivity contribution in [1.82, 2.24) is 15.5 Å². The molecular formula is C80H113BrN5O14S+. The van der Waals surface area contributed by atoms with E-state index in [9.17, 15) is 41.7 Å². The molecule has 0 fully saturated rings. The van der Waals surface area contributed by atoms with Crippen molar-refractivity contribution >= 4 is 100 Å². The smallest absolute Gasteiger partial charge is 0.322 e. The first-order chi connectivity index (χ1) is 47.8. The molecule has 0 radical (unpaired) electrons. The molecule has 0 aliphatic carbocycles. The molecule has 0 spiro atoms. The van der Waals surface area contributed by atoms with Gasteiger partial charge in [-0.15, -0.1) is 0 Å². The van der Waals surface area contributed by atoms with Crippen LogP contribution in [0.3, 0.4) is 0 Å². The minimum Gasteiger partial charge on any atom is -0.464 e. The van der Waals surface area contributed by atoms with Crippen LogP contribution in [0.25, 0.3) is 21.5 Å². The Labute approximate surface area is 609 Å². The number of rotatable bonds is 43. The van der Waals surface area contributed by atoms with Crippen LogP contribution in [0.5, 0.6) is 0 Å². The van der Waals surface area contributed by atoms with Crippen molar-refractivity contribution in [1.29, 1.82) is 0 Å². The molecule has 21 heteroatoms. The van der Waals surface area contributed by atoms with Gasteiger partial charge in [-0.3, -0.25) is 38.2 Å². The predicted octanol–water partition coefficient (Wildman–Crippen LogP) is 14.3. The SMILES string of the molecule is CCCCN(CCCC)CCOC(=O)C(C)(CC(C)(C)C(=O)OCCOC)CC(C)(CC(C)(Br)C(=O)OCCNC(C)=O)C(=O)OCCNC(=O)CCCCC[N+]1=C(/C=C/C=C/C=C/C=C2\N(CCCCS(=O)(=O)O)c3ccc4ccccc4c3C2(C)C)C(C)(C)c2c1ccc1ccccc21. The van der Waals surface area contributed by atoms with E-state index in [0.29, 0.717) is 38.9 Å². The highest BCUT2D eigenvalue weighted by molar-refractivity contribution is 9.10. The highest BCUT2D eigenvalue weighted by atomic mass is 79.9. The number of benzene rings is 4. The van der Waals surface area contributed by atoms with Crippen LogP contribution >= 0.6 is 15.9 Å². The number of allylic oxidation sites excluding steroid dienone is 8. The Morgan fingerprint density at radius 1 is 0.614 bits per heavy atom. The van der Waals surface area contributed by atoms with E-state index in [1.165, 1.54) is 41.3 Å². The molecule has 0 saturated heterocycles. The van der Waals surface area contributed by atoms with Gasteiger partial charge < -0.3 is 39.2 Å². The summed E-state index contributed by atoms with van der Waals surface area (Å²) in [5, 5.41) is 10.2. The van der Waals surface area contributed by atoms with Gasteiger partial charge in [0.2, 0.25) is 17.5 Å². The van der Waals surface area contributed by atoms with Crippen LogP contribution in [0.15, 0.2) is 121 Å². The van der Waals surface area contributed by atoms with Gasteiger partial charge in [0.15, 0.2) is 5.71 Å². The summed E-state index contributed by atoms with van der Waals surface area (Å²) >= 11 is 3.56. The lowest BCUT2D eigenvalue weighted by Crippen LogP contribution is -2.48. The molecule has 0 bridgehead atoms. The molecule has 3 unspecified atom stereocenters. The normalized spacial score (nSPS) is 16.6. The van der Waals surface area contributed by atoms with Gasteiger partial charge in [-0.1, -0.05) is 141 Å². The van der Waals surface area contributed by atoms with Crippen LogP contribution in [0.2, 0.25) is 0 Å². The molecule has 2 aliphatic heterocycles. The second kappa shape index (κ2) is 37.9. The highest BCUT2D eigenvalue weighted by Crippen LogP contribution is 2.52. The maximum Gasteiger partial charge on any atom is 0.322 e. The van der Waals surface area contributed by atoms with E-state index < -0.39 is 54.6 Å². The van der Waals surface area contributed by atoms with Crippen LogP contribution in [-0.2, 0) is 73.4 Å². The first kappa shape index (κ1) is 82.9. The Balaban J connectivity index is 1.13. The van der Waals surface area contributed by atoms with E-state index in [4.69, 9.17) is 23.7 Å². The summed E-state index contributed by atoms with van der Waals surface area (Å²) in [6.07, 6.45) is 21.3. The van der Waals surface area contributed by atoms with E-state index in [1.807, 2.05) is 30.4 Å². The molecule has 19 nitrogen and oxygen atoms in total. The number of hydrogen-bond donors (Lipinski definition) is 3. The summed E-state index contributed by atoms with van der Waals surface area (Å²) in [7, 11) is -2.56. The van der Waals surface area contributed by atoms with Crippen molar-refractivity contribution in [3.8, 4) is 0 Å². The van der Waals surface area contributed by atoms with Crippen molar-refractivity contribution < 1.29 is 70.0 Å². The lowest BCUT2D eigenvalue weighted by atomic mass is 9.64. The van der Waals surface area contributed by atoms with Gasteiger partial charge in [0.05, 0.1) is 47.1 Å². The largest absolute Gasteiger partial charge is 0.464 e. The zero-order valence-corrected chi connectivity index (χ0v) is 64.6. The van der Waals surface area contributed by atoms with Crippen LogP contribution in [0.1, 0.15) is 178 Å². The van der Waals surface area contributed by atoms with Crippen molar-refractivity contribution in [3.63, 3.8) is 0 Å². The van der Waals surface area contributed by atoms with Gasteiger partial charge in [-0.2, -0.15) is 13.0 Å². The first-order valence-corrected chi connectivity index (χ1v) is 38.4. The number of unbranched alkanes of at least 4 members (excludes halogenated alkanes) is 5. The number of carbonyl (C=O) groups excluding carboxylic acids is 6. The molecule has 3 N–H and O–H groups in total. The van der Waals surface area contributed by atoms with Crippen LogP contribution in [0.4, 0.5) is 11.4 Å². The Hall–Kier alpha value is -7.04. The maximum atomic E-state index is 14.8. The zero-order chi connectivity index (χ0) is 74.2. The second-order valence-corrected chi connectivity index (χ2v) is 32.8. The summed E-state index contributed by atoms with van der Waals surface area (Å²) in [6.45, 7) is 26.2. The first-order valence-electron chi connectivity index (χ1n) is 36.0. The van der Waals surface area contributed by atoms with Gasteiger partial charge >= 0.3 is 23.9 Å². The Kier molecular flexibility index (Phi) is 31.1. The molecule has 2 aliphatic rings. The molecule has 2 heterocycles. The maximum absolute atomic E-state index is 14.8. The summed E-state index contributed by atoms with van der Waals surface area (Å²) in [5.74, 6) is -3.44. The number of esters is 4. The molecule has 101 heavy (non-hydrogen) atoms. The van der Waals surface area contributed by atoms with Crippen LogP contribution < -0.4 is 15.5 Å². The number of ether oxygens (including phenoxy) is 5. The summed E-state index contributed by atoms with van der Waals surface area (Å²) in [4.78, 5) is 86.7. The van der Waals surface area contributed by atoms with Gasteiger partial charge in [0.1, 0.15) is 37.3 Å². The van der Waals surface area contributed by atoms with E-state index >= 15 is 0 Å². The minimum atomic E-state index is -4.06. The fourth-order valence-electron chi connectivity index (χ4n) is 14.5. The predicted molar refractivity (Wildman–Crippen MR) is 406 cm³/mol. The third kappa shape index (κ3) is 23.2. The molecule has 554 valence electrons. The average molecular weight is 1480 g/mol. The number of anilines is 1.